The smallest absolute Gasteiger partial charge is 0.109 e. The highest BCUT2D eigenvalue weighted by atomic mass is 16.3. The molecule has 0 saturated carbocycles. The van der Waals surface area contributed by atoms with E-state index in [1.54, 1.807) is 12.4 Å². The molecule has 12 heavy (non-hydrogen) atoms. The third kappa shape index (κ3) is 1.14. The molecule has 1 N–H and O–H groups in total. The standard InChI is InChI=1S/C10H11NO/c12-10(5-1-2-6-10)9-4-3-7-11-8-9/h1,3-5,7-8,12H,2,6H2. The minimum absolute atomic E-state index is 0.756. The van der Waals surface area contributed by atoms with Gasteiger partial charge in [-0.2, -0.15) is 0 Å². The van der Waals surface area contributed by atoms with Gasteiger partial charge >= 0.3 is 0 Å². The highest BCUT2D eigenvalue weighted by Crippen LogP contribution is 2.32. The Kier molecular flexibility index (Phi) is 1.70. The van der Waals surface area contributed by atoms with Crippen LogP contribution in [0.1, 0.15) is 18.4 Å². The van der Waals surface area contributed by atoms with Gasteiger partial charge in [0, 0.05) is 18.0 Å². The van der Waals surface area contributed by atoms with Crippen molar-refractivity contribution in [3.05, 3.63) is 42.2 Å². The van der Waals surface area contributed by atoms with Crippen LogP contribution in [0.2, 0.25) is 0 Å². The van der Waals surface area contributed by atoms with Crippen molar-refractivity contribution >= 4 is 0 Å². The Morgan fingerprint density at radius 3 is 3.00 bits per heavy atom. The van der Waals surface area contributed by atoms with Gasteiger partial charge in [-0.25, -0.2) is 0 Å². The zero-order valence-corrected chi connectivity index (χ0v) is 6.77. The molecular weight excluding hydrogens is 150 g/mol. The highest BCUT2D eigenvalue weighted by Gasteiger charge is 2.28. The first-order chi connectivity index (χ1) is 5.81. The normalized spacial score (nSPS) is 27.8. The van der Waals surface area contributed by atoms with E-state index in [1.807, 2.05) is 24.3 Å². The lowest BCUT2D eigenvalue weighted by molar-refractivity contribution is 0.0891. The highest BCUT2D eigenvalue weighted by molar-refractivity contribution is 5.26. The average Bonchev–Trinajstić information content (AvgIpc) is 2.55. The lowest BCUT2D eigenvalue weighted by atomic mass is 9.95. The topological polar surface area (TPSA) is 33.1 Å². The van der Waals surface area contributed by atoms with E-state index in [4.69, 9.17) is 0 Å². The number of aromatic nitrogens is 1. The molecule has 1 aromatic rings. The molecule has 0 aliphatic heterocycles. The largest absolute Gasteiger partial charge is 0.381 e. The van der Waals surface area contributed by atoms with E-state index < -0.39 is 5.60 Å². The summed E-state index contributed by atoms with van der Waals surface area (Å²) in [5, 5.41) is 10.0. The van der Waals surface area contributed by atoms with Crippen LogP contribution in [0.15, 0.2) is 36.7 Å². The molecule has 1 atom stereocenters. The predicted octanol–water partition coefficient (Wildman–Crippen LogP) is 1.62. The fourth-order valence-electron chi connectivity index (χ4n) is 1.52. The summed E-state index contributed by atoms with van der Waals surface area (Å²) in [4.78, 5) is 3.98. The third-order valence-corrected chi connectivity index (χ3v) is 2.25. The quantitative estimate of drug-likeness (QED) is 0.635. The van der Waals surface area contributed by atoms with Crippen LogP contribution in [0.25, 0.3) is 0 Å². The number of nitrogens with zero attached hydrogens (tertiary/aromatic N) is 1. The summed E-state index contributed by atoms with van der Waals surface area (Å²) in [6, 6.07) is 3.75. The molecule has 0 aromatic carbocycles. The number of hydrogen-bond acceptors (Lipinski definition) is 2. The van der Waals surface area contributed by atoms with Crippen LogP contribution in [0.4, 0.5) is 0 Å². The van der Waals surface area contributed by atoms with Crippen LogP contribution in [-0.2, 0) is 5.60 Å². The van der Waals surface area contributed by atoms with Gasteiger partial charge in [0.15, 0.2) is 0 Å². The molecule has 0 spiro atoms. The second-order valence-corrected chi connectivity index (χ2v) is 3.11. The van der Waals surface area contributed by atoms with E-state index in [-0.39, 0.29) is 0 Å². The van der Waals surface area contributed by atoms with Crippen LogP contribution in [0.3, 0.4) is 0 Å². The number of allylic oxidation sites excluding steroid dienone is 1. The van der Waals surface area contributed by atoms with Gasteiger partial charge in [-0.15, -0.1) is 0 Å². The van der Waals surface area contributed by atoms with Crippen molar-refractivity contribution in [2.24, 2.45) is 0 Å². The fourth-order valence-corrected chi connectivity index (χ4v) is 1.52. The van der Waals surface area contributed by atoms with E-state index in [0.29, 0.717) is 0 Å². The van der Waals surface area contributed by atoms with Gasteiger partial charge in [0.2, 0.25) is 0 Å². The van der Waals surface area contributed by atoms with Crippen molar-refractivity contribution in [3.63, 3.8) is 0 Å². The van der Waals surface area contributed by atoms with Gasteiger partial charge in [-0.05, 0) is 18.9 Å². The molecule has 0 bridgehead atoms. The Hall–Kier alpha value is -1.15. The summed E-state index contributed by atoms with van der Waals surface area (Å²) in [6.07, 6.45) is 9.02. The van der Waals surface area contributed by atoms with Crippen LogP contribution in [0.5, 0.6) is 0 Å². The summed E-state index contributed by atoms with van der Waals surface area (Å²) in [5.74, 6) is 0. The summed E-state index contributed by atoms with van der Waals surface area (Å²) < 4.78 is 0. The number of rotatable bonds is 1. The SMILES string of the molecule is OC1(c2cccnc2)C=CCC1. The Balaban J connectivity index is 2.36. The van der Waals surface area contributed by atoms with Crippen molar-refractivity contribution in [2.75, 3.05) is 0 Å². The minimum atomic E-state index is -0.756. The Bertz CT molecular complexity index is 294. The number of pyridine rings is 1. The molecule has 0 radical (unpaired) electrons. The summed E-state index contributed by atoms with van der Waals surface area (Å²) in [7, 11) is 0. The molecule has 0 amide bonds. The number of aliphatic hydroxyl groups is 1. The Morgan fingerprint density at radius 1 is 1.50 bits per heavy atom. The van der Waals surface area contributed by atoms with Crippen LogP contribution >= 0.6 is 0 Å². The molecule has 2 rings (SSSR count). The van der Waals surface area contributed by atoms with Gasteiger partial charge in [0.05, 0.1) is 0 Å². The molecule has 0 saturated heterocycles. The van der Waals surface area contributed by atoms with E-state index in [9.17, 15) is 5.11 Å². The number of hydrogen-bond donors (Lipinski definition) is 1. The maximum atomic E-state index is 10.0. The third-order valence-electron chi connectivity index (χ3n) is 2.25. The molecule has 2 nitrogen and oxygen atoms in total. The van der Waals surface area contributed by atoms with Gasteiger partial charge in [-0.1, -0.05) is 18.2 Å². The molecule has 0 fully saturated rings. The predicted molar refractivity (Wildman–Crippen MR) is 46.5 cm³/mol. The molecular formula is C10H11NO. The van der Waals surface area contributed by atoms with E-state index in [0.717, 1.165) is 18.4 Å². The van der Waals surface area contributed by atoms with Gasteiger partial charge in [-0.3, -0.25) is 4.98 Å². The summed E-state index contributed by atoms with van der Waals surface area (Å²) in [6.45, 7) is 0. The van der Waals surface area contributed by atoms with Crippen molar-refractivity contribution in [1.82, 2.24) is 4.98 Å². The van der Waals surface area contributed by atoms with Crippen molar-refractivity contribution in [2.45, 2.75) is 18.4 Å². The zero-order chi connectivity index (χ0) is 8.44. The van der Waals surface area contributed by atoms with Crippen molar-refractivity contribution in [1.29, 1.82) is 0 Å². The summed E-state index contributed by atoms with van der Waals surface area (Å²) >= 11 is 0. The van der Waals surface area contributed by atoms with Gasteiger partial charge in [0.1, 0.15) is 5.60 Å². The van der Waals surface area contributed by atoms with Crippen LogP contribution in [0, 0.1) is 0 Å². The second kappa shape index (κ2) is 2.72. The lowest BCUT2D eigenvalue weighted by Gasteiger charge is -2.19. The molecule has 1 aliphatic carbocycles. The lowest BCUT2D eigenvalue weighted by Crippen LogP contribution is -2.19. The first-order valence-electron chi connectivity index (χ1n) is 4.12. The first-order valence-corrected chi connectivity index (χ1v) is 4.12. The zero-order valence-electron chi connectivity index (χ0n) is 6.77. The van der Waals surface area contributed by atoms with E-state index in [1.165, 1.54) is 0 Å². The van der Waals surface area contributed by atoms with Crippen molar-refractivity contribution < 1.29 is 5.11 Å². The van der Waals surface area contributed by atoms with Crippen molar-refractivity contribution in [3.8, 4) is 0 Å². The molecule has 1 aliphatic rings. The molecule has 1 heterocycles. The van der Waals surface area contributed by atoms with E-state index in [2.05, 4.69) is 4.98 Å². The Labute approximate surface area is 71.6 Å². The Morgan fingerprint density at radius 2 is 2.42 bits per heavy atom. The molecule has 2 heteroatoms. The molecule has 1 aromatic heterocycles. The van der Waals surface area contributed by atoms with Gasteiger partial charge in [0.25, 0.3) is 0 Å². The van der Waals surface area contributed by atoms with Gasteiger partial charge < -0.3 is 5.11 Å². The minimum Gasteiger partial charge on any atom is -0.381 e. The first kappa shape index (κ1) is 7.50. The van der Waals surface area contributed by atoms with Crippen LogP contribution < -0.4 is 0 Å². The average molecular weight is 161 g/mol. The maximum absolute atomic E-state index is 10.0. The van der Waals surface area contributed by atoms with Crippen LogP contribution in [-0.4, -0.2) is 10.1 Å². The van der Waals surface area contributed by atoms with E-state index >= 15 is 0 Å². The molecule has 1 unspecified atom stereocenters. The second-order valence-electron chi connectivity index (χ2n) is 3.11. The fraction of sp³-hybridized carbons (Fsp3) is 0.300. The monoisotopic (exact) mass is 161 g/mol. The molecule has 62 valence electrons. The maximum Gasteiger partial charge on any atom is 0.109 e. The summed E-state index contributed by atoms with van der Waals surface area (Å²) in [5.41, 5.74) is 0.132.